The average molecular weight is 270 g/mol. The zero-order valence-electron chi connectivity index (χ0n) is 10.7. The van der Waals surface area contributed by atoms with Gasteiger partial charge in [0.25, 0.3) is 0 Å². The Morgan fingerprint density at radius 2 is 2.17 bits per heavy atom. The van der Waals surface area contributed by atoms with E-state index in [-0.39, 0.29) is 12.1 Å². The molecule has 1 aromatic carbocycles. The van der Waals surface area contributed by atoms with E-state index in [2.05, 4.69) is 0 Å². The molecule has 1 heterocycles. The van der Waals surface area contributed by atoms with E-state index in [0.29, 0.717) is 0 Å². The third-order valence-corrected chi connectivity index (χ3v) is 3.42. The molecular formula is C14H20ClNO2. The third kappa shape index (κ3) is 3.61. The first-order valence-electron chi connectivity index (χ1n) is 6.44. The summed E-state index contributed by atoms with van der Waals surface area (Å²) < 4.78 is 11.4. The maximum atomic E-state index is 6.23. The lowest BCUT2D eigenvalue weighted by molar-refractivity contribution is 0.0252. The smallest absolute Gasteiger partial charge is 0.124 e. The van der Waals surface area contributed by atoms with Crippen molar-refractivity contribution in [2.75, 3.05) is 13.2 Å². The molecular weight excluding hydrogens is 250 g/mol. The highest BCUT2D eigenvalue weighted by Crippen LogP contribution is 2.29. The van der Waals surface area contributed by atoms with Crippen LogP contribution in [0.1, 0.15) is 25.3 Å². The van der Waals surface area contributed by atoms with Crippen LogP contribution in [0, 0.1) is 0 Å². The maximum absolute atomic E-state index is 6.23. The SMILES string of the molecule is CC(N)Cc1c(Cl)cccc1OC1CCOCC1. The Morgan fingerprint density at radius 1 is 1.44 bits per heavy atom. The molecule has 1 saturated heterocycles. The zero-order chi connectivity index (χ0) is 13.0. The number of halogens is 1. The summed E-state index contributed by atoms with van der Waals surface area (Å²) in [5.74, 6) is 0.867. The number of ether oxygens (including phenoxy) is 2. The summed E-state index contributed by atoms with van der Waals surface area (Å²) in [6.07, 6.45) is 2.83. The predicted octanol–water partition coefficient (Wildman–Crippen LogP) is 2.79. The van der Waals surface area contributed by atoms with Crippen molar-refractivity contribution in [3.63, 3.8) is 0 Å². The van der Waals surface area contributed by atoms with Crippen molar-refractivity contribution in [1.29, 1.82) is 0 Å². The van der Waals surface area contributed by atoms with Gasteiger partial charge >= 0.3 is 0 Å². The number of benzene rings is 1. The van der Waals surface area contributed by atoms with Gasteiger partial charge in [0, 0.05) is 29.5 Å². The van der Waals surface area contributed by atoms with Gasteiger partial charge in [-0.3, -0.25) is 0 Å². The van der Waals surface area contributed by atoms with Crippen LogP contribution in [0.25, 0.3) is 0 Å². The molecule has 100 valence electrons. The highest BCUT2D eigenvalue weighted by atomic mass is 35.5. The van der Waals surface area contributed by atoms with Crippen molar-refractivity contribution >= 4 is 11.6 Å². The van der Waals surface area contributed by atoms with Gasteiger partial charge in [-0.2, -0.15) is 0 Å². The fourth-order valence-corrected chi connectivity index (χ4v) is 2.39. The Hall–Kier alpha value is -0.770. The van der Waals surface area contributed by atoms with E-state index in [4.69, 9.17) is 26.8 Å². The van der Waals surface area contributed by atoms with Gasteiger partial charge in [0.2, 0.25) is 0 Å². The van der Waals surface area contributed by atoms with Gasteiger partial charge in [0.05, 0.1) is 13.2 Å². The molecule has 0 amide bonds. The van der Waals surface area contributed by atoms with Crippen LogP contribution in [-0.4, -0.2) is 25.4 Å². The average Bonchev–Trinajstić information content (AvgIpc) is 2.34. The first-order valence-corrected chi connectivity index (χ1v) is 6.82. The molecule has 4 heteroatoms. The molecule has 0 bridgehead atoms. The van der Waals surface area contributed by atoms with E-state index in [1.54, 1.807) is 0 Å². The van der Waals surface area contributed by atoms with E-state index in [1.807, 2.05) is 25.1 Å². The van der Waals surface area contributed by atoms with Crippen molar-refractivity contribution in [2.45, 2.75) is 38.3 Å². The molecule has 0 radical (unpaired) electrons. The second-order valence-electron chi connectivity index (χ2n) is 4.83. The highest BCUT2D eigenvalue weighted by Gasteiger charge is 2.18. The van der Waals surface area contributed by atoms with E-state index in [1.165, 1.54) is 0 Å². The third-order valence-electron chi connectivity index (χ3n) is 3.06. The van der Waals surface area contributed by atoms with Gasteiger partial charge in [0.1, 0.15) is 11.9 Å². The molecule has 0 spiro atoms. The molecule has 1 aliphatic rings. The van der Waals surface area contributed by atoms with Crippen LogP contribution in [-0.2, 0) is 11.2 Å². The van der Waals surface area contributed by atoms with Crippen LogP contribution in [0.4, 0.5) is 0 Å². The first kappa shape index (κ1) is 13.7. The standard InChI is InChI=1S/C14H20ClNO2/c1-10(16)9-12-13(15)3-2-4-14(12)18-11-5-7-17-8-6-11/h2-4,10-11H,5-9,16H2,1H3. The lowest BCUT2D eigenvalue weighted by Crippen LogP contribution is -2.27. The minimum atomic E-state index is 0.0712. The maximum Gasteiger partial charge on any atom is 0.124 e. The monoisotopic (exact) mass is 269 g/mol. The van der Waals surface area contributed by atoms with Crippen molar-refractivity contribution in [1.82, 2.24) is 0 Å². The molecule has 1 unspecified atom stereocenters. The first-order chi connectivity index (χ1) is 8.66. The van der Waals surface area contributed by atoms with Crippen LogP contribution in [0.15, 0.2) is 18.2 Å². The predicted molar refractivity (Wildman–Crippen MR) is 73.3 cm³/mol. The molecule has 1 aromatic rings. The van der Waals surface area contributed by atoms with E-state index >= 15 is 0 Å². The van der Waals surface area contributed by atoms with Crippen molar-refractivity contribution < 1.29 is 9.47 Å². The normalized spacial score (nSPS) is 18.6. The molecule has 3 nitrogen and oxygen atoms in total. The topological polar surface area (TPSA) is 44.5 Å². The van der Waals surface area contributed by atoms with E-state index in [9.17, 15) is 0 Å². The number of hydrogen-bond donors (Lipinski definition) is 1. The van der Waals surface area contributed by atoms with Crippen LogP contribution >= 0.6 is 11.6 Å². The molecule has 0 aromatic heterocycles. The Balaban J connectivity index is 2.12. The molecule has 2 rings (SSSR count). The molecule has 1 fully saturated rings. The fraction of sp³-hybridized carbons (Fsp3) is 0.571. The minimum absolute atomic E-state index is 0.0712. The van der Waals surface area contributed by atoms with Crippen LogP contribution in [0.2, 0.25) is 5.02 Å². The second kappa shape index (κ2) is 6.41. The fourth-order valence-electron chi connectivity index (χ4n) is 2.14. The number of nitrogens with two attached hydrogens (primary N) is 1. The van der Waals surface area contributed by atoms with Crippen LogP contribution < -0.4 is 10.5 Å². The summed E-state index contributed by atoms with van der Waals surface area (Å²) >= 11 is 6.23. The summed E-state index contributed by atoms with van der Waals surface area (Å²) in [5, 5.41) is 0.733. The Labute approximate surface area is 113 Å². The van der Waals surface area contributed by atoms with Gasteiger partial charge in [0.15, 0.2) is 0 Å². The highest BCUT2D eigenvalue weighted by molar-refractivity contribution is 6.31. The lowest BCUT2D eigenvalue weighted by Gasteiger charge is -2.25. The Morgan fingerprint density at radius 3 is 2.83 bits per heavy atom. The number of hydrogen-bond acceptors (Lipinski definition) is 3. The summed E-state index contributed by atoms with van der Waals surface area (Å²) in [6.45, 7) is 3.52. The number of rotatable bonds is 4. The lowest BCUT2D eigenvalue weighted by atomic mass is 10.1. The van der Waals surface area contributed by atoms with Crippen molar-refractivity contribution in [3.8, 4) is 5.75 Å². The van der Waals surface area contributed by atoms with Gasteiger partial charge in [-0.05, 0) is 25.5 Å². The zero-order valence-corrected chi connectivity index (χ0v) is 11.5. The summed E-state index contributed by atoms with van der Waals surface area (Å²) in [4.78, 5) is 0. The Bertz CT molecular complexity index is 389. The van der Waals surface area contributed by atoms with Crippen molar-refractivity contribution in [3.05, 3.63) is 28.8 Å². The Kier molecular flexibility index (Phi) is 4.87. The summed E-state index contributed by atoms with van der Waals surface area (Å²) in [6, 6.07) is 5.85. The van der Waals surface area contributed by atoms with Gasteiger partial charge in [-0.1, -0.05) is 17.7 Å². The van der Waals surface area contributed by atoms with Crippen molar-refractivity contribution in [2.24, 2.45) is 5.73 Å². The van der Waals surface area contributed by atoms with Crippen LogP contribution in [0.3, 0.4) is 0 Å². The van der Waals surface area contributed by atoms with Crippen LogP contribution in [0.5, 0.6) is 5.75 Å². The molecule has 0 aliphatic carbocycles. The summed E-state index contributed by atoms with van der Waals surface area (Å²) in [7, 11) is 0. The molecule has 1 atom stereocenters. The van der Waals surface area contributed by atoms with Gasteiger partial charge < -0.3 is 15.2 Å². The second-order valence-corrected chi connectivity index (χ2v) is 5.23. The van der Waals surface area contributed by atoms with Gasteiger partial charge in [-0.25, -0.2) is 0 Å². The van der Waals surface area contributed by atoms with E-state index < -0.39 is 0 Å². The quantitative estimate of drug-likeness (QED) is 0.914. The van der Waals surface area contributed by atoms with Gasteiger partial charge in [-0.15, -0.1) is 0 Å². The molecule has 0 saturated carbocycles. The minimum Gasteiger partial charge on any atom is -0.490 e. The summed E-state index contributed by atoms with van der Waals surface area (Å²) in [5.41, 5.74) is 6.88. The van der Waals surface area contributed by atoms with E-state index in [0.717, 1.165) is 48.8 Å². The largest absolute Gasteiger partial charge is 0.490 e. The molecule has 1 aliphatic heterocycles. The molecule has 2 N–H and O–H groups in total. The molecule has 18 heavy (non-hydrogen) atoms.